The normalized spacial score (nSPS) is 22.4. The van der Waals surface area contributed by atoms with Crippen molar-refractivity contribution in [2.75, 3.05) is 12.8 Å². The lowest BCUT2D eigenvalue weighted by atomic mass is 10.1. The van der Waals surface area contributed by atoms with Crippen molar-refractivity contribution >= 4 is 5.82 Å². The Morgan fingerprint density at radius 2 is 2.19 bits per heavy atom. The van der Waals surface area contributed by atoms with Crippen LogP contribution >= 0.6 is 0 Å². The fourth-order valence-corrected chi connectivity index (χ4v) is 3.29. The number of nitrogen functional groups attached to an aromatic ring is 1. The molecule has 0 saturated carbocycles. The van der Waals surface area contributed by atoms with E-state index in [1.54, 1.807) is 6.20 Å². The summed E-state index contributed by atoms with van der Waals surface area (Å²) in [7, 11) is 1.90. The standard InChI is InChI=1S/C21H21N5O/c1-3-14-9-7-8-12-16(14)17-13-23-19(22)18(24-17)21-26(2)25-20(27-21)15-10-5-4-6-11-15/h1,5,7-13,20-21,25H,4,6H2,2H3,(H2,22,23). The first kappa shape index (κ1) is 17.4. The van der Waals surface area contributed by atoms with Gasteiger partial charge in [0.15, 0.2) is 6.23 Å². The molecule has 1 saturated heterocycles. The van der Waals surface area contributed by atoms with Crippen LogP contribution in [0.4, 0.5) is 5.82 Å². The second-order valence-electron chi connectivity index (χ2n) is 6.51. The number of hydrogen-bond donors (Lipinski definition) is 2. The van der Waals surface area contributed by atoms with Gasteiger partial charge in [-0.05, 0) is 24.5 Å². The van der Waals surface area contributed by atoms with E-state index < -0.39 is 6.23 Å². The molecular formula is C21H21N5O. The van der Waals surface area contributed by atoms with Gasteiger partial charge < -0.3 is 10.5 Å². The highest BCUT2D eigenvalue weighted by atomic mass is 16.6. The lowest BCUT2D eigenvalue weighted by molar-refractivity contribution is 0.0169. The maximum Gasteiger partial charge on any atom is 0.172 e. The molecule has 27 heavy (non-hydrogen) atoms. The van der Waals surface area contributed by atoms with Crippen LogP contribution in [0.2, 0.25) is 0 Å². The number of nitrogens with two attached hydrogens (primary N) is 1. The van der Waals surface area contributed by atoms with E-state index in [2.05, 4.69) is 34.6 Å². The Balaban J connectivity index is 1.67. The zero-order valence-electron chi connectivity index (χ0n) is 15.1. The minimum atomic E-state index is -0.448. The fourth-order valence-electron chi connectivity index (χ4n) is 3.29. The maximum absolute atomic E-state index is 6.20. The summed E-state index contributed by atoms with van der Waals surface area (Å²) in [4.78, 5) is 9.07. The Bertz CT molecular complexity index is 959. The smallest absolute Gasteiger partial charge is 0.172 e. The highest BCUT2D eigenvalue weighted by Gasteiger charge is 2.35. The van der Waals surface area contributed by atoms with Crippen molar-refractivity contribution in [3.63, 3.8) is 0 Å². The van der Waals surface area contributed by atoms with Crippen molar-refractivity contribution in [2.24, 2.45) is 0 Å². The molecule has 1 aromatic heterocycles. The van der Waals surface area contributed by atoms with Crippen molar-refractivity contribution in [2.45, 2.75) is 25.3 Å². The third kappa shape index (κ3) is 3.36. The average Bonchev–Trinajstić information content (AvgIpc) is 3.10. The first-order valence-corrected chi connectivity index (χ1v) is 8.87. The number of terminal acetylenes is 1. The summed E-state index contributed by atoms with van der Waals surface area (Å²) in [6.45, 7) is 0. The van der Waals surface area contributed by atoms with E-state index in [0.29, 0.717) is 17.2 Å². The van der Waals surface area contributed by atoms with Gasteiger partial charge in [-0.25, -0.2) is 20.4 Å². The molecule has 6 heteroatoms. The van der Waals surface area contributed by atoms with Gasteiger partial charge in [0.2, 0.25) is 0 Å². The monoisotopic (exact) mass is 359 g/mol. The number of anilines is 1. The number of rotatable bonds is 3. The van der Waals surface area contributed by atoms with Gasteiger partial charge in [0.1, 0.15) is 17.7 Å². The number of allylic oxidation sites excluding steroid dienone is 2. The van der Waals surface area contributed by atoms with Crippen molar-refractivity contribution in [3.8, 4) is 23.6 Å². The first-order valence-electron chi connectivity index (χ1n) is 8.87. The van der Waals surface area contributed by atoms with Crippen LogP contribution in [-0.2, 0) is 4.74 Å². The van der Waals surface area contributed by atoms with Crippen LogP contribution in [0.3, 0.4) is 0 Å². The summed E-state index contributed by atoms with van der Waals surface area (Å²) < 4.78 is 6.20. The largest absolute Gasteiger partial charge is 0.382 e. The SMILES string of the molecule is C#Cc1ccccc1-c1cnc(N)c(C2OC(C3=CCCC=C3)NN2C)n1. The van der Waals surface area contributed by atoms with Gasteiger partial charge in [0, 0.05) is 18.2 Å². The predicted molar refractivity (Wildman–Crippen MR) is 105 cm³/mol. The Labute approximate surface area is 158 Å². The zero-order chi connectivity index (χ0) is 18.8. The van der Waals surface area contributed by atoms with Crippen LogP contribution < -0.4 is 11.2 Å². The van der Waals surface area contributed by atoms with Crippen molar-refractivity contribution in [3.05, 3.63) is 65.5 Å². The molecule has 2 atom stereocenters. The first-order chi connectivity index (χ1) is 13.2. The molecule has 136 valence electrons. The predicted octanol–water partition coefficient (Wildman–Crippen LogP) is 2.77. The zero-order valence-corrected chi connectivity index (χ0v) is 15.1. The lowest BCUT2D eigenvalue weighted by Gasteiger charge is -2.18. The van der Waals surface area contributed by atoms with E-state index in [1.807, 2.05) is 36.3 Å². The Morgan fingerprint density at radius 3 is 2.96 bits per heavy atom. The number of nitrogens with one attached hydrogen (secondary N) is 1. The number of benzene rings is 1. The van der Waals surface area contributed by atoms with Crippen LogP contribution in [0.25, 0.3) is 11.3 Å². The van der Waals surface area contributed by atoms with E-state index in [4.69, 9.17) is 21.9 Å². The van der Waals surface area contributed by atoms with Gasteiger partial charge in [-0.15, -0.1) is 6.42 Å². The quantitative estimate of drug-likeness (QED) is 0.821. The third-order valence-corrected chi connectivity index (χ3v) is 4.69. The Kier molecular flexibility index (Phi) is 4.73. The van der Waals surface area contributed by atoms with E-state index in [-0.39, 0.29) is 6.23 Å². The number of nitrogens with zero attached hydrogens (tertiary/aromatic N) is 3. The molecule has 0 radical (unpaired) electrons. The van der Waals surface area contributed by atoms with Crippen molar-refractivity contribution in [1.82, 2.24) is 20.4 Å². The van der Waals surface area contributed by atoms with Crippen LogP contribution in [0.5, 0.6) is 0 Å². The van der Waals surface area contributed by atoms with Crippen LogP contribution in [-0.4, -0.2) is 28.3 Å². The maximum atomic E-state index is 6.20. The second-order valence-corrected chi connectivity index (χ2v) is 6.51. The Hall–Kier alpha value is -2.98. The van der Waals surface area contributed by atoms with Crippen LogP contribution in [0.15, 0.2) is 54.3 Å². The third-order valence-electron chi connectivity index (χ3n) is 4.69. The van der Waals surface area contributed by atoms with Crippen LogP contribution in [0.1, 0.15) is 30.3 Å². The summed E-state index contributed by atoms with van der Waals surface area (Å²) in [6.07, 6.45) is 15.1. The molecule has 0 amide bonds. The highest BCUT2D eigenvalue weighted by molar-refractivity contribution is 5.68. The summed E-state index contributed by atoms with van der Waals surface area (Å²) in [5, 5.41) is 1.87. The minimum Gasteiger partial charge on any atom is -0.382 e. The van der Waals surface area contributed by atoms with Crippen molar-refractivity contribution in [1.29, 1.82) is 0 Å². The van der Waals surface area contributed by atoms with E-state index >= 15 is 0 Å². The molecule has 2 aliphatic rings. The summed E-state index contributed by atoms with van der Waals surface area (Å²) >= 11 is 0. The number of hydrogen-bond acceptors (Lipinski definition) is 6. The van der Waals surface area contributed by atoms with Gasteiger partial charge in [0.05, 0.1) is 11.9 Å². The topological polar surface area (TPSA) is 76.3 Å². The van der Waals surface area contributed by atoms with Gasteiger partial charge in [0.25, 0.3) is 0 Å². The summed E-state index contributed by atoms with van der Waals surface area (Å²) in [6, 6.07) is 7.63. The second kappa shape index (κ2) is 7.33. The number of hydrazine groups is 1. The molecule has 1 aromatic carbocycles. The molecule has 2 heterocycles. The number of aromatic nitrogens is 2. The molecule has 3 N–H and O–H groups in total. The lowest BCUT2D eigenvalue weighted by Crippen LogP contribution is -2.34. The van der Waals surface area contributed by atoms with Crippen molar-refractivity contribution < 1.29 is 4.74 Å². The van der Waals surface area contributed by atoms with Gasteiger partial charge in [-0.1, -0.05) is 42.3 Å². The van der Waals surface area contributed by atoms with Gasteiger partial charge in [-0.2, -0.15) is 0 Å². The summed E-state index contributed by atoms with van der Waals surface area (Å²) in [5.41, 5.74) is 13.4. The van der Waals surface area contributed by atoms with E-state index in [0.717, 1.165) is 29.5 Å². The molecule has 1 aliphatic carbocycles. The molecule has 4 rings (SSSR count). The van der Waals surface area contributed by atoms with E-state index in [1.165, 1.54) is 0 Å². The molecular weight excluding hydrogens is 338 g/mol. The molecule has 0 bridgehead atoms. The Morgan fingerprint density at radius 1 is 1.33 bits per heavy atom. The van der Waals surface area contributed by atoms with Crippen LogP contribution in [0, 0.1) is 12.3 Å². The van der Waals surface area contributed by atoms with E-state index in [9.17, 15) is 0 Å². The summed E-state index contributed by atoms with van der Waals surface area (Å²) in [5.74, 6) is 3.03. The average molecular weight is 359 g/mol. The fraction of sp³-hybridized carbons (Fsp3) is 0.238. The van der Waals surface area contributed by atoms with Gasteiger partial charge >= 0.3 is 0 Å². The molecule has 0 spiro atoms. The molecule has 6 nitrogen and oxygen atoms in total. The molecule has 2 unspecified atom stereocenters. The van der Waals surface area contributed by atoms with Gasteiger partial charge in [-0.3, -0.25) is 0 Å². The molecule has 1 aliphatic heterocycles. The number of ether oxygens (including phenoxy) is 1. The highest BCUT2D eigenvalue weighted by Crippen LogP contribution is 2.32. The minimum absolute atomic E-state index is 0.237. The molecule has 1 fully saturated rings. The molecule has 2 aromatic rings.